The van der Waals surface area contributed by atoms with Gasteiger partial charge in [0.2, 0.25) is 0 Å². The summed E-state index contributed by atoms with van der Waals surface area (Å²) in [5.74, 6) is 1.03. The fourth-order valence-corrected chi connectivity index (χ4v) is 0.958. The van der Waals surface area contributed by atoms with Gasteiger partial charge >= 0.3 is 0 Å². The summed E-state index contributed by atoms with van der Waals surface area (Å²) in [6, 6.07) is 0.502. The standard InChI is InChI=1S/C8H20N2/c1-5(7(3)9)6(2)8(4)10/h5-8H,9-10H2,1-4H3. The number of hydrogen-bond acceptors (Lipinski definition) is 2. The molecule has 0 saturated heterocycles. The molecule has 10 heavy (non-hydrogen) atoms. The van der Waals surface area contributed by atoms with Crippen LogP contribution in [0.15, 0.2) is 0 Å². The molecule has 2 nitrogen and oxygen atoms in total. The van der Waals surface area contributed by atoms with Crippen molar-refractivity contribution < 1.29 is 0 Å². The van der Waals surface area contributed by atoms with E-state index in [1.165, 1.54) is 0 Å². The minimum Gasteiger partial charge on any atom is -0.328 e. The fourth-order valence-electron chi connectivity index (χ4n) is 0.958. The van der Waals surface area contributed by atoms with Gasteiger partial charge in [0.1, 0.15) is 0 Å². The maximum Gasteiger partial charge on any atom is 0.00392 e. The lowest BCUT2D eigenvalue weighted by atomic mass is 9.86. The third-order valence-corrected chi connectivity index (χ3v) is 2.49. The Morgan fingerprint density at radius 2 is 0.900 bits per heavy atom. The van der Waals surface area contributed by atoms with E-state index in [0.717, 1.165) is 0 Å². The van der Waals surface area contributed by atoms with Crippen LogP contribution in [0.2, 0.25) is 0 Å². The Kier molecular flexibility index (Phi) is 3.91. The van der Waals surface area contributed by atoms with E-state index in [1.54, 1.807) is 0 Å². The summed E-state index contributed by atoms with van der Waals surface area (Å²) in [6.07, 6.45) is 0. The molecule has 4 N–H and O–H groups in total. The molecule has 0 bridgehead atoms. The van der Waals surface area contributed by atoms with Gasteiger partial charge in [-0.05, 0) is 25.7 Å². The Morgan fingerprint density at radius 3 is 1.00 bits per heavy atom. The van der Waals surface area contributed by atoms with Crippen LogP contribution in [-0.2, 0) is 0 Å². The summed E-state index contributed by atoms with van der Waals surface area (Å²) in [5, 5.41) is 0. The molecule has 0 radical (unpaired) electrons. The Morgan fingerprint density at radius 1 is 0.700 bits per heavy atom. The first-order valence-corrected chi connectivity index (χ1v) is 3.98. The van der Waals surface area contributed by atoms with Crippen LogP contribution in [0.1, 0.15) is 27.7 Å². The van der Waals surface area contributed by atoms with E-state index in [-0.39, 0.29) is 12.1 Å². The van der Waals surface area contributed by atoms with E-state index < -0.39 is 0 Å². The highest BCUT2D eigenvalue weighted by Gasteiger charge is 2.18. The predicted octanol–water partition coefficient (Wildman–Crippen LogP) is 0.953. The average Bonchev–Trinajstić information content (AvgIpc) is 1.84. The quantitative estimate of drug-likeness (QED) is 0.619. The predicted molar refractivity (Wildman–Crippen MR) is 45.6 cm³/mol. The van der Waals surface area contributed by atoms with Gasteiger partial charge in [0.25, 0.3) is 0 Å². The third kappa shape index (κ3) is 2.67. The van der Waals surface area contributed by atoms with E-state index in [0.29, 0.717) is 11.8 Å². The second kappa shape index (κ2) is 3.94. The molecule has 0 amide bonds. The van der Waals surface area contributed by atoms with Gasteiger partial charge < -0.3 is 11.5 Å². The number of rotatable bonds is 3. The maximum absolute atomic E-state index is 5.72. The molecule has 0 heterocycles. The topological polar surface area (TPSA) is 52.0 Å². The summed E-state index contributed by atoms with van der Waals surface area (Å²) in [6.45, 7) is 8.37. The molecule has 0 aliphatic carbocycles. The van der Waals surface area contributed by atoms with Crippen LogP contribution in [0, 0.1) is 11.8 Å². The molecule has 62 valence electrons. The number of hydrogen-bond donors (Lipinski definition) is 2. The highest BCUT2D eigenvalue weighted by Crippen LogP contribution is 2.15. The minimum atomic E-state index is 0.251. The van der Waals surface area contributed by atoms with Crippen LogP contribution in [0.25, 0.3) is 0 Å². The lowest BCUT2D eigenvalue weighted by Crippen LogP contribution is -2.37. The van der Waals surface area contributed by atoms with Gasteiger partial charge in [-0.25, -0.2) is 0 Å². The average molecular weight is 144 g/mol. The molecule has 4 atom stereocenters. The summed E-state index contributed by atoms with van der Waals surface area (Å²) in [5.41, 5.74) is 11.4. The molecule has 0 fully saturated rings. The second-order valence-electron chi connectivity index (χ2n) is 3.44. The molecule has 0 aliphatic heterocycles. The summed E-state index contributed by atoms with van der Waals surface area (Å²) in [4.78, 5) is 0. The van der Waals surface area contributed by atoms with Crippen LogP contribution in [0.5, 0.6) is 0 Å². The van der Waals surface area contributed by atoms with Gasteiger partial charge in [0, 0.05) is 12.1 Å². The van der Waals surface area contributed by atoms with Crippen LogP contribution >= 0.6 is 0 Å². The molecule has 0 spiro atoms. The highest BCUT2D eigenvalue weighted by atomic mass is 14.7. The van der Waals surface area contributed by atoms with E-state index in [4.69, 9.17) is 11.5 Å². The first-order valence-electron chi connectivity index (χ1n) is 3.98. The molecule has 0 aromatic carbocycles. The molecule has 2 heteroatoms. The normalized spacial score (nSPS) is 23.4. The van der Waals surface area contributed by atoms with Gasteiger partial charge in [0.15, 0.2) is 0 Å². The molecular weight excluding hydrogens is 124 g/mol. The van der Waals surface area contributed by atoms with Crippen molar-refractivity contribution in [1.29, 1.82) is 0 Å². The highest BCUT2D eigenvalue weighted by molar-refractivity contribution is 4.75. The van der Waals surface area contributed by atoms with Crippen LogP contribution in [0.4, 0.5) is 0 Å². The smallest absolute Gasteiger partial charge is 0.00392 e. The van der Waals surface area contributed by atoms with Crippen molar-refractivity contribution in [3.05, 3.63) is 0 Å². The van der Waals surface area contributed by atoms with Crippen molar-refractivity contribution in [2.75, 3.05) is 0 Å². The van der Waals surface area contributed by atoms with Crippen molar-refractivity contribution in [3.63, 3.8) is 0 Å². The van der Waals surface area contributed by atoms with Gasteiger partial charge in [-0.1, -0.05) is 13.8 Å². The van der Waals surface area contributed by atoms with E-state index >= 15 is 0 Å². The van der Waals surface area contributed by atoms with E-state index in [2.05, 4.69) is 13.8 Å². The van der Waals surface area contributed by atoms with Gasteiger partial charge in [0.05, 0.1) is 0 Å². The third-order valence-electron chi connectivity index (χ3n) is 2.49. The first kappa shape index (κ1) is 9.92. The molecule has 0 aromatic heterocycles. The van der Waals surface area contributed by atoms with Crippen molar-refractivity contribution in [3.8, 4) is 0 Å². The summed E-state index contributed by atoms with van der Waals surface area (Å²) in [7, 11) is 0. The molecular formula is C8H20N2. The Hall–Kier alpha value is -0.0800. The van der Waals surface area contributed by atoms with E-state index in [9.17, 15) is 0 Å². The number of nitrogens with two attached hydrogens (primary N) is 2. The van der Waals surface area contributed by atoms with Crippen molar-refractivity contribution in [2.45, 2.75) is 39.8 Å². The summed E-state index contributed by atoms with van der Waals surface area (Å²) < 4.78 is 0. The first-order chi connectivity index (χ1) is 4.46. The minimum absolute atomic E-state index is 0.251. The zero-order chi connectivity index (χ0) is 8.31. The summed E-state index contributed by atoms with van der Waals surface area (Å²) >= 11 is 0. The lowest BCUT2D eigenvalue weighted by Gasteiger charge is -2.26. The van der Waals surface area contributed by atoms with Gasteiger partial charge in [-0.2, -0.15) is 0 Å². The van der Waals surface area contributed by atoms with Crippen LogP contribution < -0.4 is 11.5 Å². The largest absolute Gasteiger partial charge is 0.328 e. The SMILES string of the molecule is CC(N)C(C)C(C)C(C)N. The molecule has 0 aromatic rings. The molecule has 4 unspecified atom stereocenters. The molecule has 0 saturated carbocycles. The van der Waals surface area contributed by atoms with Crippen molar-refractivity contribution >= 4 is 0 Å². The second-order valence-corrected chi connectivity index (χ2v) is 3.44. The Labute approximate surface area is 64.0 Å². The fraction of sp³-hybridized carbons (Fsp3) is 1.00. The maximum atomic E-state index is 5.72. The zero-order valence-electron chi connectivity index (χ0n) is 7.46. The van der Waals surface area contributed by atoms with Gasteiger partial charge in [-0.3, -0.25) is 0 Å². The van der Waals surface area contributed by atoms with Crippen molar-refractivity contribution in [1.82, 2.24) is 0 Å². The Balaban J connectivity index is 3.81. The van der Waals surface area contributed by atoms with Crippen LogP contribution in [-0.4, -0.2) is 12.1 Å². The molecule has 0 aliphatic rings. The lowest BCUT2D eigenvalue weighted by molar-refractivity contribution is 0.300. The van der Waals surface area contributed by atoms with Crippen molar-refractivity contribution in [2.24, 2.45) is 23.3 Å². The molecule has 0 rings (SSSR count). The zero-order valence-corrected chi connectivity index (χ0v) is 7.46. The van der Waals surface area contributed by atoms with E-state index in [1.807, 2.05) is 13.8 Å². The monoisotopic (exact) mass is 144 g/mol. The Bertz CT molecular complexity index is 77.3. The van der Waals surface area contributed by atoms with Gasteiger partial charge in [-0.15, -0.1) is 0 Å². The van der Waals surface area contributed by atoms with Crippen LogP contribution in [0.3, 0.4) is 0 Å².